The van der Waals surface area contributed by atoms with E-state index in [2.05, 4.69) is 6.07 Å². The van der Waals surface area contributed by atoms with E-state index in [4.69, 9.17) is 16.9 Å². The monoisotopic (exact) mass is 284 g/mol. The van der Waals surface area contributed by atoms with Crippen molar-refractivity contribution in [1.29, 1.82) is 5.26 Å². The highest BCUT2D eigenvalue weighted by Gasteiger charge is 2.07. The fourth-order valence-corrected chi connectivity index (χ4v) is 2.41. The Morgan fingerprint density at radius 1 is 1.20 bits per heavy atom. The zero-order valence-electron chi connectivity index (χ0n) is 10.5. The van der Waals surface area contributed by atoms with Gasteiger partial charge in [-0.25, -0.2) is 4.39 Å². The summed E-state index contributed by atoms with van der Waals surface area (Å²) in [5, 5.41) is 10.1. The molecule has 0 bridgehead atoms. The van der Waals surface area contributed by atoms with Gasteiger partial charge in [-0.3, -0.25) is 0 Å². The van der Waals surface area contributed by atoms with Gasteiger partial charge in [-0.2, -0.15) is 5.26 Å². The second-order valence-electron chi connectivity index (χ2n) is 4.54. The van der Waals surface area contributed by atoms with Crippen LogP contribution in [0.15, 0.2) is 48.7 Å². The van der Waals surface area contributed by atoms with Crippen LogP contribution in [0.4, 0.5) is 4.39 Å². The number of hydrogen-bond acceptors (Lipinski definition) is 1. The lowest BCUT2D eigenvalue weighted by Crippen LogP contribution is -1.98. The lowest BCUT2D eigenvalue weighted by Gasteiger charge is -2.06. The van der Waals surface area contributed by atoms with E-state index in [9.17, 15) is 4.39 Å². The van der Waals surface area contributed by atoms with Crippen molar-refractivity contribution >= 4 is 22.5 Å². The number of rotatable bonds is 2. The first kappa shape index (κ1) is 12.7. The molecule has 0 N–H and O–H groups in total. The first-order chi connectivity index (χ1) is 9.69. The molecular formula is C16H10ClFN2. The highest BCUT2D eigenvalue weighted by molar-refractivity contribution is 6.30. The normalized spacial score (nSPS) is 10.7. The van der Waals surface area contributed by atoms with Crippen LogP contribution in [0.5, 0.6) is 0 Å². The molecule has 1 aromatic heterocycles. The fourth-order valence-electron chi connectivity index (χ4n) is 2.29. The molecule has 0 spiro atoms. The van der Waals surface area contributed by atoms with E-state index in [0.717, 1.165) is 16.5 Å². The molecule has 4 heteroatoms. The Kier molecular flexibility index (Phi) is 3.17. The van der Waals surface area contributed by atoms with Crippen LogP contribution in [0.25, 0.3) is 10.9 Å². The topological polar surface area (TPSA) is 28.7 Å². The summed E-state index contributed by atoms with van der Waals surface area (Å²) in [6, 6.07) is 14.4. The van der Waals surface area contributed by atoms with Crippen LogP contribution in [0.3, 0.4) is 0 Å². The van der Waals surface area contributed by atoms with Crippen LogP contribution in [-0.2, 0) is 6.54 Å². The zero-order valence-corrected chi connectivity index (χ0v) is 11.2. The number of nitrogens with zero attached hydrogens (tertiary/aromatic N) is 2. The van der Waals surface area contributed by atoms with E-state index in [1.165, 1.54) is 6.07 Å². The second-order valence-corrected chi connectivity index (χ2v) is 4.95. The van der Waals surface area contributed by atoms with Crippen LogP contribution in [0.1, 0.15) is 11.1 Å². The Labute approximate surface area is 120 Å². The Balaban J connectivity index is 2.03. The summed E-state index contributed by atoms with van der Waals surface area (Å²) in [6.07, 6.45) is 1.90. The van der Waals surface area contributed by atoms with E-state index in [1.54, 1.807) is 18.2 Å². The van der Waals surface area contributed by atoms with Crippen LogP contribution < -0.4 is 0 Å². The maximum atomic E-state index is 13.5. The molecule has 1 heterocycles. The molecule has 0 aliphatic heterocycles. The number of nitriles is 1. The third-order valence-corrected chi connectivity index (χ3v) is 3.58. The van der Waals surface area contributed by atoms with E-state index < -0.39 is 5.82 Å². The van der Waals surface area contributed by atoms with E-state index in [-0.39, 0.29) is 5.02 Å². The quantitative estimate of drug-likeness (QED) is 0.687. The number of hydrogen-bond donors (Lipinski definition) is 0. The van der Waals surface area contributed by atoms with Crippen molar-refractivity contribution in [3.05, 3.63) is 70.6 Å². The SMILES string of the molecule is N#Cc1cccc2c1ccn2Cc1ccc(Cl)c(F)c1. The van der Waals surface area contributed by atoms with Gasteiger partial charge in [-0.05, 0) is 35.9 Å². The molecule has 3 aromatic rings. The lowest BCUT2D eigenvalue weighted by atomic mass is 10.1. The molecule has 3 rings (SSSR count). The summed E-state index contributed by atoms with van der Waals surface area (Å²) in [4.78, 5) is 0. The van der Waals surface area contributed by atoms with Crippen LogP contribution in [0.2, 0.25) is 5.02 Å². The molecule has 0 amide bonds. The number of halogens is 2. The summed E-state index contributed by atoms with van der Waals surface area (Å²) >= 11 is 5.68. The molecule has 0 atom stereocenters. The molecular weight excluding hydrogens is 275 g/mol. The zero-order chi connectivity index (χ0) is 14.1. The molecule has 20 heavy (non-hydrogen) atoms. The van der Waals surface area contributed by atoms with Gasteiger partial charge >= 0.3 is 0 Å². The molecule has 0 aliphatic carbocycles. The third-order valence-electron chi connectivity index (χ3n) is 3.27. The van der Waals surface area contributed by atoms with Crippen molar-refractivity contribution in [1.82, 2.24) is 4.57 Å². The highest BCUT2D eigenvalue weighted by atomic mass is 35.5. The molecule has 98 valence electrons. The molecule has 0 aliphatic rings. The first-order valence-electron chi connectivity index (χ1n) is 6.11. The number of aromatic nitrogens is 1. The minimum absolute atomic E-state index is 0.123. The van der Waals surface area contributed by atoms with Gasteiger partial charge in [-0.1, -0.05) is 23.7 Å². The maximum Gasteiger partial charge on any atom is 0.142 e. The molecule has 0 unspecified atom stereocenters. The fraction of sp³-hybridized carbons (Fsp3) is 0.0625. The van der Waals surface area contributed by atoms with Gasteiger partial charge in [0.15, 0.2) is 0 Å². The van der Waals surface area contributed by atoms with Gasteiger partial charge in [0.1, 0.15) is 5.82 Å². The van der Waals surface area contributed by atoms with Crippen LogP contribution >= 0.6 is 11.6 Å². The number of fused-ring (bicyclic) bond motifs is 1. The van der Waals surface area contributed by atoms with E-state index in [1.807, 2.05) is 29.0 Å². The first-order valence-corrected chi connectivity index (χ1v) is 6.49. The van der Waals surface area contributed by atoms with Crippen molar-refractivity contribution in [2.75, 3.05) is 0 Å². The van der Waals surface area contributed by atoms with Crippen molar-refractivity contribution in [2.45, 2.75) is 6.54 Å². The summed E-state index contributed by atoms with van der Waals surface area (Å²) in [5.74, 6) is -0.418. The number of benzene rings is 2. The lowest BCUT2D eigenvalue weighted by molar-refractivity contribution is 0.624. The summed E-state index contributed by atoms with van der Waals surface area (Å²) in [5.41, 5.74) is 2.43. The Bertz CT molecular complexity index is 830. The third kappa shape index (κ3) is 2.15. The molecule has 2 nitrogen and oxygen atoms in total. The molecule has 2 aromatic carbocycles. The van der Waals surface area contributed by atoms with Gasteiger partial charge in [0.05, 0.1) is 16.7 Å². The maximum absolute atomic E-state index is 13.5. The minimum atomic E-state index is -0.418. The predicted octanol–water partition coefficient (Wildman–Crippen LogP) is 4.35. The van der Waals surface area contributed by atoms with Crippen molar-refractivity contribution in [3.8, 4) is 6.07 Å². The van der Waals surface area contributed by atoms with Gasteiger partial charge in [0.2, 0.25) is 0 Å². The standard InChI is InChI=1S/C16H10ClFN2/c17-14-5-4-11(8-15(14)18)10-20-7-6-13-12(9-19)2-1-3-16(13)20/h1-8H,10H2. The summed E-state index contributed by atoms with van der Waals surface area (Å²) < 4.78 is 15.4. The van der Waals surface area contributed by atoms with Crippen molar-refractivity contribution < 1.29 is 4.39 Å². The van der Waals surface area contributed by atoms with Crippen molar-refractivity contribution in [2.24, 2.45) is 0 Å². The van der Waals surface area contributed by atoms with E-state index in [0.29, 0.717) is 12.1 Å². The largest absolute Gasteiger partial charge is 0.343 e. The average Bonchev–Trinajstić information content (AvgIpc) is 2.86. The van der Waals surface area contributed by atoms with Gasteiger partial charge in [-0.15, -0.1) is 0 Å². The molecule has 0 saturated carbocycles. The molecule has 0 saturated heterocycles. The predicted molar refractivity (Wildman–Crippen MR) is 77.2 cm³/mol. The Morgan fingerprint density at radius 2 is 2.05 bits per heavy atom. The highest BCUT2D eigenvalue weighted by Crippen LogP contribution is 2.22. The summed E-state index contributed by atoms with van der Waals surface area (Å²) in [6.45, 7) is 0.534. The van der Waals surface area contributed by atoms with Crippen molar-refractivity contribution in [3.63, 3.8) is 0 Å². The van der Waals surface area contributed by atoms with Crippen LogP contribution in [-0.4, -0.2) is 4.57 Å². The van der Waals surface area contributed by atoms with Crippen LogP contribution in [0, 0.1) is 17.1 Å². The smallest absolute Gasteiger partial charge is 0.142 e. The Hall–Kier alpha value is -2.31. The second kappa shape index (κ2) is 4.99. The average molecular weight is 285 g/mol. The molecule has 0 radical (unpaired) electrons. The van der Waals surface area contributed by atoms with Gasteiger partial charge in [0, 0.05) is 23.6 Å². The summed E-state index contributed by atoms with van der Waals surface area (Å²) in [7, 11) is 0. The van der Waals surface area contributed by atoms with Gasteiger partial charge < -0.3 is 4.57 Å². The molecule has 0 fully saturated rings. The Morgan fingerprint density at radius 3 is 2.80 bits per heavy atom. The van der Waals surface area contributed by atoms with E-state index >= 15 is 0 Å². The minimum Gasteiger partial charge on any atom is -0.343 e. The van der Waals surface area contributed by atoms with Gasteiger partial charge in [0.25, 0.3) is 0 Å².